The van der Waals surface area contributed by atoms with E-state index < -0.39 is 12.1 Å². The summed E-state index contributed by atoms with van der Waals surface area (Å²) in [5, 5.41) is 6.17. The van der Waals surface area contributed by atoms with Crippen LogP contribution >= 0.6 is 0 Å². The van der Waals surface area contributed by atoms with Crippen molar-refractivity contribution in [1.82, 2.24) is 25.3 Å². The highest BCUT2D eigenvalue weighted by Crippen LogP contribution is 2.34. The molecule has 2 aromatic rings. The Balaban J connectivity index is 1.45. The molecule has 8 nitrogen and oxygen atoms in total. The number of fused-ring (bicyclic) bond motifs is 2. The summed E-state index contributed by atoms with van der Waals surface area (Å²) in [7, 11) is 0. The van der Waals surface area contributed by atoms with E-state index in [1.807, 2.05) is 11.8 Å². The maximum Gasteiger partial charge on any atom is 0.471 e. The summed E-state index contributed by atoms with van der Waals surface area (Å²) >= 11 is 0. The minimum absolute atomic E-state index is 0.0504. The molecule has 4 heterocycles. The first kappa shape index (κ1) is 17.6. The number of likely N-dealkylation sites (tertiary alicyclic amines) is 1. The minimum atomic E-state index is -4.68. The fourth-order valence-electron chi connectivity index (χ4n) is 3.59. The average Bonchev–Trinajstić information content (AvgIpc) is 3.36. The van der Waals surface area contributed by atoms with Crippen molar-refractivity contribution in [3.63, 3.8) is 0 Å². The maximum atomic E-state index is 12.6. The van der Waals surface area contributed by atoms with E-state index in [0.717, 1.165) is 6.42 Å². The number of pyridine rings is 1. The SMILES string of the molecule is CCNC(=O)N1CC2CC1CN2c1ccc(-c2noc(C(F)(F)F)n2)cn1. The van der Waals surface area contributed by atoms with Gasteiger partial charge in [-0.2, -0.15) is 18.2 Å². The normalized spacial score (nSPS) is 21.8. The lowest BCUT2D eigenvalue weighted by molar-refractivity contribution is -0.159. The summed E-state index contributed by atoms with van der Waals surface area (Å²) in [5.74, 6) is -0.836. The first-order chi connectivity index (χ1) is 12.9. The van der Waals surface area contributed by atoms with Crippen LogP contribution in [0.3, 0.4) is 0 Å². The van der Waals surface area contributed by atoms with Gasteiger partial charge in [0.05, 0.1) is 12.1 Å². The van der Waals surface area contributed by atoms with E-state index in [-0.39, 0.29) is 23.9 Å². The van der Waals surface area contributed by atoms with Crippen LogP contribution < -0.4 is 10.2 Å². The second kappa shape index (κ2) is 6.39. The van der Waals surface area contributed by atoms with Gasteiger partial charge in [-0.1, -0.05) is 5.16 Å². The molecule has 11 heteroatoms. The van der Waals surface area contributed by atoms with Crippen LogP contribution in [0, 0.1) is 0 Å². The summed E-state index contributed by atoms with van der Waals surface area (Å²) in [4.78, 5) is 23.7. The summed E-state index contributed by atoms with van der Waals surface area (Å²) in [6.45, 7) is 3.77. The van der Waals surface area contributed by atoms with E-state index >= 15 is 0 Å². The van der Waals surface area contributed by atoms with Crippen molar-refractivity contribution >= 4 is 11.8 Å². The number of carbonyl (C=O) groups is 1. The molecule has 0 saturated carbocycles. The third kappa shape index (κ3) is 3.17. The number of hydrogen-bond donors (Lipinski definition) is 1. The fourth-order valence-corrected chi connectivity index (χ4v) is 3.59. The maximum absolute atomic E-state index is 12.6. The van der Waals surface area contributed by atoms with Gasteiger partial charge in [0.15, 0.2) is 0 Å². The van der Waals surface area contributed by atoms with Crippen molar-refractivity contribution in [1.29, 1.82) is 0 Å². The molecule has 27 heavy (non-hydrogen) atoms. The summed E-state index contributed by atoms with van der Waals surface area (Å²) in [5.41, 5.74) is 0.339. The summed E-state index contributed by atoms with van der Waals surface area (Å²) < 4.78 is 41.9. The van der Waals surface area contributed by atoms with Crippen LogP contribution in [-0.2, 0) is 6.18 Å². The van der Waals surface area contributed by atoms with E-state index in [4.69, 9.17) is 0 Å². The Morgan fingerprint density at radius 2 is 2.15 bits per heavy atom. The van der Waals surface area contributed by atoms with Gasteiger partial charge in [-0.25, -0.2) is 9.78 Å². The Kier molecular flexibility index (Phi) is 4.16. The number of nitrogens with zero attached hydrogens (tertiary/aromatic N) is 5. The topological polar surface area (TPSA) is 87.4 Å². The van der Waals surface area contributed by atoms with Crippen molar-refractivity contribution in [2.75, 3.05) is 24.5 Å². The summed E-state index contributed by atoms with van der Waals surface area (Å²) in [6, 6.07) is 3.59. The number of alkyl halides is 3. The Hall–Kier alpha value is -2.85. The molecular formula is C16H17F3N6O2. The zero-order valence-electron chi connectivity index (χ0n) is 14.4. The van der Waals surface area contributed by atoms with E-state index in [1.54, 1.807) is 12.1 Å². The molecule has 2 fully saturated rings. The van der Waals surface area contributed by atoms with Gasteiger partial charge in [-0.15, -0.1) is 0 Å². The number of urea groups is 1. The lowest BCUT2D eigenvalue weighted by Gasteiger charge is -2.34. The van der Waals surface area contributed by atoms with Gasteiger partial charge in [-0.05, 0) is 25.5 Å². The second-order valence-corrected chi connectivity index (χ2v) is 6.51. The molecule has 2 aromatic heterocycles. The number of nitrogens with one attached hydrogen (secondary N) is 1. The minimum Gasteiger partial charge on any atom is -0.350 e. The Morgan fingerprint density at radius 3 is 2.70 bits per heavy atom. The number of amides is 2. The number of carbonyl (C=O) groups excluding carboxylic acids is 1. The molecular weight excluding hydrogens is 365 g/mol. The van der Waals surface area contributed by atoms with Crippen LogP contribution in [0.25, 0.3) is 11.4 Å². The van der Waals surface area contributed by atoms with Gasteiger partial charge in [-0.3, -0.25) is 0 Å². The molecule has 0 spiro atoms. The highest BCUT2D eigenvalue weighted by Gasteiger charge is 2.45. The second-order valence-electron chi connectivity index (χ2n) is 6.51. The Morgan fingerprint density at radius 1 is 1.33 bits per heavy atom. The van der Waals surface area contributed by atoms with Crippen LogP contribution in [0.2, 0.25) is 0 Å². The molecule has 0 aliphatic carbocycles. The lowest BCUT2D eigenvalue weighted by Crippen LogP contribution is -2.52. The molecule has 2 amide bonds. The largest absolute Gasteiger partial charge is 0.471 e. The zero-order chi connectivity index (χ0) is 19.2. The summed E-state index contributed by atoms with van der Waals surface area (Å²) in [6.07, 6.45) is -2.38. The lowest BCUT2D eigenvalue weighted by atomic mass is 10.2. The number of aromatic nitrogens is 3. The van der Waals surface area contributed by atoms with Crippen molar-refractivity contribution < 1.29 is 22.5 Å². The van der Waals surface area contributed by atoms with Gasteiger partial charge in [0.2, 0.25) is 5.82 Å². The quantitative estimate of drug-likeness (QED) is 0.875. The van der Waals surface area contributed by atoms with Crippen molar-refractivity contribution in [2.45, 2.75) is 31.6 Å². The highest BCUT2D eigenvalue weighted by atomic mass is 19.4. The first-order valence-corrected chi connectivity index (χ1v) is 8.55. The standard InChI is InChI=1S/C16H17F3N6O2/c1-2-20-15(26)25-8-10-5-11(25)7-24(10)12-4-3-9(6-21-12)13-22-14(27-23-13)16(17,18)19/h3-4,6,10-11H,2,5,7-8H2,1H3,(H,20,26). The molecule has 2 aliphatic heterocycles. The van der Waals surface area contributed by atoms with Crippen LogP contribution in [0.1, 0.15) is 19.2 Å². The third-order valence-electron chi connectivity index (χ3n) is 4.80. The number of halogens is 3. The number of hydrogen-bond acceptors (Lipinski definition) is 6. The molecule has 0 aromatic carbocycles. The van der Waals surface area contributed by atoms with Crippen LogP contribution in [0.4, 0.5) is 23.8 Å². The van der Waals surface area contributed by atoms with Crippen LogP contribution in [0.15, 0.2) is 22.9 Å². The van der Waals surface area contributed by atoms with Gasteiger partial charge in [0.25, 0.3) is 0 Å². The first-order valence-electron chi connectivity index (χ1n) is 8.55. The van der Waals surface area contributed by atoms with Gasteiger partial charge < -0.3 is 19.6 Å². The third-order valence-corrected chi connectivity index (χ3v) is 4.80. The van der Waals surface area contributed by atoms with Crippen molar-refractivity contribution in [2.24, 2.45) is 0 Å². The number of rotatable bonds is 3. The Bertz CT molecular complexity index is 837. The average molecular weight is 382 g/mol. The van der Waals surface area contributed by atoms with E-state index in [1.165, 1.54) is 6.20 Å². The van der Waals surface area contributed by atoms with Crippen molar-refractivity contribution in [3.8, 4) is 11.4 Å². The molecule has 1 N–H and O–H groups in total. The predicted molar refractivity (Wildman–Crippen MR) is 87.8 cm³/mol. The molecule has 2 bridgehead atoms. The number of piperazine rings is 1. The van der Waals surface area contributed by atoms with Crippen LogP contribution in [0.5, 0.6) is 0 Å². The smallest absolute Gasteiger partial charge is 0.350 e. The molecule has 2 aliphatic rings. The Labute approximate surface area is 152 Å². The molecule has 2 saturated heterocycles. The predicted octanol–water partition coefficient (Wildman–Crippen LogP) is 2.14. The fraction of sp³-hybridized carbons (Fsp3) is 0.500. The van der Waals surface area contributed by atoms with Gasteiger partial charge in [0, 0.05) is 31.4 Å². The molecule has 144 valence electrons. The zero-order valence-corrected chi connectivity index (χ0v) is 14.4. The number of anilines is 1. The van der Waals surface area contributed by atoms with Crippen LogP contribution in [-0.4, -0.2) is 57.8 Å². The highest BCUT2D eigenvalue weighted by molar-refractivity contribution is 5.75. The van der Waals surface area contributed by atoms with E-state index in [2.05, 4.69) is 29.9 Å². The van der Waals surface area contributed by atoms with Crippen molar-refractivity contribution in [3.05, 3.63) is 24.2 Å². The van der Waals surface area contributed by atoms with Gasteiger partial charge >= 0.3 is 18.1 Å². The monoisotopic (exact) mass is 382 g/mol. The molecule has 2 unspecified atom stereocenters. The molecule has 0 radical (unpaired) electrons. The van der Waals surface area contributed by atoms with Gasteiger partial charge in [0.1, 0.15) is 5.82 Å². The molecule has 4 rings (SSSR count). The molecule has 2 atom stereocenters. The van der Waals surface area contributed by atoms with E-state index in [0.29, 0.717) is 31.0 Å². The van der Waals surface area contributed by atoms with E-state index in [9.17, 15) is 18.0 Å².